The van der Waals surface area contributed by atoms with Crippen LogP contribution in [-0.4, -0.2) is 32.3 Å². The number of benzene rings is 2. The van der Waals surface area contributed by atoms with Crippen LogP contribution in [0.5, 0.6) is 23.0 Å². The first-order chi connectivity index (χ1) is 13.5. The van der Waals surface area contributed by atoms with Crippen LogP contribution in [0.15, 0.2) is 42.5 Å². The summed E-state index contributed by atoms with van der Waals surface area (Å²) < 4.78 is 22.2. The summed E-state index contributed by atoms with van der Waals surface area (Å²) in [5.74, 6) is 2.41. The Morgan fingerprint density at radius 3 is 2.32 bits per heavy atom. The highest BCUT2D eigenvalue weighted by Gasteiger charge is 2.19. The van der Waals surface area contributed by atoms with Crippen LogP contribution in [-0.2, 0) is 4.79 Å². The highest BCUT2D eigenvalue weighted by molar-refractivity contribution is 5.81. The van der Waals surface area contributed by atoms with E-state index in [0.29, 0.717) is 36.2 Å². The Morgan fingerprint density at radius 2 is 1.64 bits per heavy atom. The van der Waals surface area contributed by atoms with Crippen molar-refractivity contribution in [1.29, 1.82) is 0 Å². The molecule has 0 aliphatic heterocycles. The number of hydrogen-bond acceptors (Lipinski definition) is 5. The van der Waals surface area contributed by atoms with Gasteiger partial charge in [0.1, 0.15) is 11.5 Å². The van der Waals surface area contributed by atoms with E-state index in [0.717, 1.165) is 5.56 Å². The van der Waals surface area contributed by atoms with Crippen molar-refractivity contribution in [2.45, 2.75) is 39.8 Å². The van der Waals surface area contributed by atoms with Crippen molar-refractivity contribution in [3.8, 4) is 23.0 Å². The Balaban J connectivity index is 2.03. The summed E-state index contributed by atoms with van der Waals surface area (Å²) >= 11 is 0. The van der Waals surface area contributed by atoms with Gasteiger partial charge in [-0.2, -0.15) is 0 Å². The van der Waals surface area contributed by atoms with Crippen LogP contribution in [0.2, 0.25) is 0 Å². The van der Waals surface area contributed by atoms with Gasteiger partial charge in [-0.1, -0.05) is 12.1 Å². The molecule has 2 aromatic carbocycles. The van der Waals surface area contributed by atoms with E-state index in [4.69, 9.17) is 18.9 Å². The zero-order valence-corrected chi connectivity index (χ0v) is 17.2. The third kappa shape index (κ3) is 5.81. The number of nitrogens with one attached hydrogen (secondary N) is 1. The zero-order valence-electron chi connectivity index (χ0n) is 17.2. The average molecular weight is 387 g/mol. The predicted octanol–water partition coefficient (Wildman–Crippen LogP) is 4.14. The first-order valence-corrected chi connectivity index (χ1v) is 9.49. The van der Waals surface area contributed by atoms with Gasteiger partial charge in [-0.05, 0) is 57.5 Å². The smallest absolute Gasteiger partial charge is 0.261 e. The van der Waals surface area contributed by atoms with Crippen LogP contribution in [0.25, 0.3) is 0 Å². The van der Waals surface area contributed by atoms with Gasteiger partial charge in [-0.15, -0.1) is 0 Å². The topological polar surface area (TPSA) is 66.0 Å². The Labute approximate surface area is 166 Å². The SMILES string of the molecule is CCOc1ccc([C@@H](C)NC(=O)[C@@H](C)Oc2cccc(OC)c2)cc1OCC. The van der Waals surface area contributed by atoms with E-state index in [1.807, 2.05) is 51.1 Å². The van der Waals surface area contributed by atoms with E-state index in [2.05, 4.69) is 5.32 Å². The molecule has 0 radical (unpaired) electrons. The molecular formula is C22H29NO5. The van der Waals surface area contributed by atoms with Crippen molar-refractivity contribution in [3.63, 3.8) is 0 Å². The molecule has 0 aliphatic rings. The van der Waals surface area contributed by atoms with E-state index < -0.39 is 6.10 Å². The number of hydrogen-bond donors (Lipinski definition) is 1. The fourth-order valence-electron chi connectivity index (χ4n) is 2.68. The molecule has 6 heteroatoms. The van der Waals surface area contributed by atoms with Crippen molar-refractivity contribution in [3.05, 3.63) is 48.0 Å². The molecule has 0 spiro atoms. The molecule has 0 saturated carbocycles. The number of ether oxygens (including phenoxy) is 4. The van der Waals surface area contributed by atoms with Gasteiger partial charge in [-0.25, -0.2) is 0 Å². The lowest BCUT2D eigenvalue weighted by atomic mass is 10.1. The van der Waals surface area contributed by atoms with Gasteiger partial charge < -0.3 is 24.3 Å². The lowest BCUT2D eigenvalue weighted by Crippen LogP contribution is -2.37. The lowest BCUT2D eigenvalue weighted by Gasteiger charge is -2.20. The Bertz CT molecular complexity index is 777. The number of amides is 1. The number of rotatable bonds is 10. The summed E-state index contributed by atoms with van der Waals surface area (Å²) in [5, 5.41) is 2.97. The van der Waals surface area contributed by atoms with E-state index in [1.165, 1.54) is 0 Å². The normalized spacial score (nSPS) is 12.6. The van der Waals surface area contributed by atoms with E-state index in [-0.39, 0.29) is 11.9 Å². The van der Waals surface area contributed by atoms with Crippen molar-refractivity contribution in [2.75, 3.05) is 20.3 Å². The number of carbonyl (C=O) groups excluding carboxylic acids is 1. The van der Waals surface area contributed by atoms with Gasteiger partial charge in [0.25, 0.3) is 5.91 Å². The second kappa shape index (κ2) is 10.4. The maximum Gasteiger partial charge on any atom is 0.261 e. The largest absolute Gasteiger partial charge is 0.497 e. The quantitative estimate of drug-likeness (QED) is 0.664. The summed E-state index contributed by atoms with van der Waals surface area (Å²) in [6, 6.07) is 12.6. The summed E-state index contributed by atoms with van der Waals surface area (Å²) in [5.41, 5.74) is 0.925. The van der Waals surface area contributed by atoms with Crippen LogP contribution in [0.1, 0.15) is 39.3 Å². The van der Waals surface area contributed by atoms with Crippen molar-refractivity contribution < 1.29 is 23.7 Å². The summed E-state index contributed by atoms with van der Waals surface area (Å²) in [6.45, 7) is 8.58. The highest BCUT2D eigenvalue weighted by Crippen LogP contribution is 2.30. The first kappa shape index (κ1) is 21.4. The molecule has 0 fully saturated rings. The van der Waals surface area contributed by atoms with Crippen LogP contribution in [0.3, 0.4) is 0 Å². The monoisotopic (exact) mass is 387 g/mol. The molecule has 0 saturated heterocycles. The van der Waals surface area contributed by atoms with E-state index in [1.54, 1.807) is 26.2 Å². The lowest BCUT2D eigenvalue weighted by molar-refractivity contribution is -0.127. The average Bonchev–Trinajstić information content (AvgIpc) is 2.69. The Morgan fingerprint density at radius 1 is 0.964 bits per heavy atom. The molecule has 1 N–H and O–H groups in total. The third-order valence-electron chi connectivity index (χ3n) is 4.15. The molecule has 0 aliphatic carbocycles. The van der Waals surface area contributed by atoms with Gasteiger partial charge in [0.2, 0.25) is 0 Å². The van der Waals surface area contributed by atoms with Crippen molar-refractivity contribution in [1.82, 2.24) is 5.32 Å². The molecule has 0 bridgehead atoms. The molecule has 1 amide bonds. The highest BCUT2D eigenvalue weighted by atomic mass is 16.5. The van der Waals surface area contributed by atoms with Gasteiger partial charge >= 0.3 is 0 Å². The summed E-state index contributed by atoms with van der Waals surface area (Å²) in [7, 11) is 1.59. The number of carbonyl (C=O) groups is 1. The molecule has 0 aromatic heterocycles. The zero-order chi connectivity index (χ0) is 20.5. The van der Waals surface area contributed by atoms with Gasteiger partial charge in [0.05, 0.1) is 26.4 Å². The van der Waals surface area contributed by atoms with E-state index in [9.17, 15) is 4.79 Å². The minimum absolute atomic E-state index is 0.206. The molecule has 0 heterocycles. The summed E-state index contributed by atoms with van der Waals surface area (Å²) in [4.78, 5) is 12.5. The fourth-order valence-corrected chi connectivity index (χ4v) is 2.68. The predicted molar refractivity (Wildman–Crippen MR) is 108 cm³/mol. The second-order valence-corrected chi connectivity index (χ2v) is 6.24. The van der Waals surface area contributed by atoms with Crippen LogP contribution in [0.4, 0.5) is 0 Å². The van der Waals surface area contributed by atoms with Gasteiger partial charge in [0, 0.05) is 6.07 Å². The standard InChI is InChI=1S/C22H29NO5/c1-6-26-20-12-11-17(13-21(20)27-7-2)15(3)23-22(24)16(4)28-19-10-8-9-18(14-19)25-5/h8-16H,6-7H2,1-5H3,(H,23,24)/t15-,16-/m1/s1. The molecule has 2 aromatic rings. The maximum atomic E-state index is 12.5. The molecular weight excluding hydrogens is 358 g/mol. The van der Waals surface area contributed by atoms with Crippen LogP contribution >= 0.6 is 0 Å². The molecule has 0 unspecified atom stereocenters. The molecule has 28 heavy (non-hydrogen) atoms. The minimum Gasteiger partial charge on any atom is -0.497 e. The maximum absolute atomic E-state index is 12.5. The fraction of sp³-hybridized carbons (Fsp3) is 0.409. The molecule has 2 rings (SSSR count). The molecule has 152 valence electrons. The number of methoxy groups -OCH3 is 1. The Kier molecular flexibility index (Phi) is 7.99. The molecule has 2 atom stereocenters. The van der Waals surface area contributed by atoms with Crippen LogP contribution < -0.4 is 24.3 Å². The second-order valence-electron chi connectivity index (χ2n) is 6.24. The summed E-state index contributed by atoms with van der Waals surface area (Å²) in [6.07, 6.45) is -0.649. The van der Waals surface area contributed by atoms with Crippen molar-refractivity contribution >= 4 is 5.91 Å². The van der Waals surface area contributed by atoms with Gasteiger partial charge in [0.15, 0.2) is 17.6 Å². The third-order valence-corrected chi connectivity index (χ3v) is 4.15. The van der Waals surface area contributed by atoms with E-state index >= 15 is 0 Å². The Hall–Kier alpha value is -2.89. The molecule has 6 nitrogen and oxygen atoms in total. The van der Waals surface area contributed by atoms with Crippen LogP contribution in [0, 0.1) is 0 Å². The minimum atomic E-state index is -0.649. The van der Waals surface area contributed by atoms with Gasteiger partial charge in [-0.3, -0.25) is 4.79 Å². The van der Waals surface area contributed by atoms with Crippen molar-refractivity contribution in [2.24, 2.45) is 0 Å². The first-order valence-electron chi connectivity index (χ1n) is 9.49.